The van der Waals surface area contributed by atoms with Crippen molar-refractivity contribution in [3.63, 3.8) is 0 Å². The highest BCUT2D eigenvalue weighted by molar-refractivity contribution is 5.88. The molecule has 0 heterocycles. The van der Waals surface area contributed by atoms with Crippen LogP contribution < -0.4 is 10.6 Å². The number of hydrogen-bond donors (Lipinski definition) is 3. The molecule has 7 nitrogen and oxygen atoms in total. The van der Waals surface area contributed by atoms with E-state index in [9.17, 15) is 28.1 Å². The summed E-state index contributed by atoms with van der Waals surface area (Å²) in [7, 11) is 0. The molecule has 0 bridgehead atoms. The molecule has 0 aliphatic heterocycles. The minimum Gasteiger partial charge on any atom is -0.465 e. The van der Waals surface area contributed by atoms with Crippen LogP contribution in [0.15, 0.2) is 12.1 Å². The SMILES string of the molecule is O=C(O)Nc1cc(NCC2CC2)c(C(F)(F)F)cc1[N+](=O)[O-]. The van der Waals surface area contributed by atoms with Crippen molar-refractivity contribution in [3.05, 3.63) is 27.8 Å². The first kappa shape index (κ1) is 15.9. The van der Waals surface area contributed by atoms with Crippen LogP contribution in [0, 0.1) is 16.0 Å². The van der Waals surface area contributed by atoms with Gasteiger partial charge in [-0.05, 0) is 24.8 Å². The Morgan fingerprint density at radius 1 is 1.36 bits per heavy atom. The third kappa shape index (κ3) is 3.77. The summed E-state index contributed by atoms with van der Waals surface area (Å²) in [6, 6.07) is 1.14. The number of alkyl halides is 3. The van der Waals surface area contributed by atoms with Gasteiger partial charge in [0.15, 0.2) is 0 Å². The fourth-order valence-electron chi connectivity index (χ4n) is 1.91. The predicted octanol–water partition coefficient (Wildman–Crippen LogP) is 3.53. The molecule has 0 unspecified atom stereocenters. The largest absolute Gasteiger partial charge is 0.465 e. The van der Waals surface area contributed by atoms with Gasteiger partial charge in [-0.25, -0.2) is 4.79 Å². The number of halogens is 3. The van der Waals surface area contributed by atoms with Gasteiger partial charge in [-0.3, -0.25) is 15.4 Å². The fourth-order valence-corrected chi connectivity index (χ4v) is 1.91. The Balaban J connectivity index is 2.46. The standard InChI is InChI=1S/C12H12F3N3O4/c13-12(14,15)7-3-10(18(21)22)9(17-11(19)20)4-8(7)16-5-6-1-2-6/h3-4,6,16-17H,1-2,5H2,(H,19,20). The predicted molar refractivity (Wildman–Crippen MR) is 71.0 cm³/mol. The monoisotopic (exact) mass is 319 g/mol. The number of carbonyl (C=O) groups is 1. The molecule has 22 heavy (non-hydrogen) atoms. The van der Waals surface area contributed by atoms with E-state index in [1.165, 1.54) is 0 Å². The van der Waals surface area contributed by atoms with E-state index in [-0.39, 0.29) is 11.6 Å². The number of nitrogens with one attached hydrogen (secondary N) is 2. The lowest BCUT2D eigenvalue weighted by molar-refractivity contribution is -0.384. The number of amides is 1. The van der Waals surface area contributed by atoms with Crippen molar-refractivity contribution in [2.45, 2.75) is 19.0 Å². The molecule has 1 fully saturated rings. The molecule has 0 aromatic heterocycles. The van der Waals surface area contributed by atoms with Crippen LogP contribution in [0.1, 0.15) is 18.4 Å². The maximum absolute atomic E-state index is 13.0. The van der Waals surface area contributed by atoms with Crippen LogP contribution in [0.3, 0.4) is 0 Å². The van der Waals surface area contributed by atoms with Crippen molar-refractivity contribution in [1.82, 2.24) is 0 Å². The number of anilines is 2. The summed E-state index contributed by atoms with van der Waals surface area (Å²) >= 11 is 0. The highest BCUT2D eigenvalue weighted by Gasteiger charge is 2.37. The molecule has 1 aliphatic rings. The van der Waals surface area contributed by atoms with Crippen LogP contribution in [-0.2, 0) is 6.18 Å². The zero-order valence-corrected chi connectivity index (χ0v) is 11.1. The van der Waals surface area contributed by atoms with Crippen molar-refractivity contribution < 1.29 is 28.0 Å². The first-order valence-electron chi connectivity index (χ1n) is 6.32. The van der Waals surface area contributed by atoms with Crippen LogP contribution in [-0.4, -0.2) is 22.7 Å². The summed E-state index contributed by atoms with van der Waals surface area (Å²) < 4.78 is 39.1. The van der Waals surface area contributed by atoms with E-state index < -0.39 is 34.1 Å². The van der Waals surface area contributed by atoms with E-state index in [2.05, 4.69) is 5.32 Å². The summed E-state index contributed by atoms with van der Waals surface area (Å²) in [6.45, 7) is 0.299. The molecule has 3 N–H and O–H groups in total. The van der Waals surface area contributed by atoms with Crippen molar-refractivity contribution >= 4 is 23.2 Å². The molecule has 0 spiro atoms. The average Bonchev–Trinajstić information content (AvgIpc) is 3.17. The molecule has 1 aromatic carbocycles. The molecule has 2 rings (SSSR count). The van der Waals surface area contributed by atoms with Crippen LogP contribution in [0.2, 0.25) is 0 Å². The number of hydrogen-bond acceptors (Lipinski definition) is 4. The van der Waals surface area contributed by atoms with Crippen LogP contribution in [0.4, 0.5) is 35.0 Å². The van der Waals surface area contributed by atoms with Gasteiger partial charge < -0.3 is 10.4 Å². The molecule has 1 saturated carbocycles. The maximum Gasteiger partial charge on any atom is 0.418 e. The number of nitrogens with zero attached hydrogens (tertiary/aromatic N) is 1. The lowest BCUT2D eigenvalue weighted by atomic mass is 10.1. The van der Waals surface area contributed by atoms with Gasteiger partial charge in [0, 0.05) is 18.3 Å². The second-order valence-corrected chi connectivity index (χ2v) is 4.92. The smallest absolute Gasteiger partial charge is 0.418 e. The molecular weight excluding hydrogens is 307 g/mol. The Labute approximate surface area is 122 Å². The quantitative estimate of drug-likeness (QED) is 0.569. The zero-order valence-electron chi connectivity index (χ0n) is 11.1. The van der Waals surface area contributed by atoms with E-state index in [1.807, 2.05) is 0 Å². The van der Waals surface area contributed by atoms with E-state index in [0.29, 0.717) is 12.6 Å². The summed E-state index contributed by atoms with van der Waals surface area (Å²) in [5.41, 5.74) is -3.04. The normalized spacial score (nSPS) is 14.5. The lowest BCUT2D eigenvalue weighted by Gasteiger charge is -2.16. The molecule has 1 amide bonds. The van der Waals surface area contributed by atoms with Gasteiger partial charge in [0.25, 0.3) is 5.69 Å². The van der Waals surface area contributed by atoms with E-state index >= 15 is 0 Å². The molecule has 0 radical (unpaired) electrons. The molecule has 0 atom stereocenters. The highest BCUT2D eigenvalue weighted by Crippen LogP contribution is 2.41. The van der Waals surface area contributed by atoms with Gasteiger partial charge in [-0.15, -0.1) is 0 Å². The van der Waals surface area contributed by atoms with E-state index in [1.54, 1.807) is 5.32 Å². The Kier molecular flexibility index (Phi) is 4.11. The van der Waals surface area contributed by atoms with Crippen molar-refractivity contribution in [1.29, 1.82) is 0 Å². The molecule has 10 heteroatoms. The molecule has 0 saturated heterocycles. The number of carboxylic acid groups (broad SMARTS) is 1. The topological polar surface area (TPSA) is 104 Å². The maximum atomic E-state index is 13.0. The van der Waals surface area contributed by atoms with E-state index in [4.69, 9.17) is 5.11 Å². The molecule has 1 aromatic rings. The number of rotatable bonds is 5. The summed E-state index contributed by atoms with van der Waals surface area (Å²) in [5.74, 6) is 0.271. The summed E-state index contributed by atoms with van der Waals surface area (Å²) in [4.78, 5) is 20.4. The Morgan fingerprint density at radius 2 is 2.00 bits per heavy atom. The van der Waals surface area contributed by atoms with Gasteiger partial charge in [0.05, 0.1) is 10.5 Å². The fraction of sp³-hybridized carbons (Fsp3) is 0.417. The third-order valence-corrected chi connectivity index (χ3v) is 3.16. The van der Waals surface area contributed by atoms with Gasteiger partial charge in [0.1, 0.15) is 5.69 Å². The second kappa shape index (κ2) is 5.70. The second-order valence-electron chi connectivity index (χ2n) is 4.92. The van der Waals surface area contributed by atoms with Gasteiger partial charge >= 0.3 is 12.3 Å². The van der Waals surface area contributed by atoms with Crippen LogP contribution in [0.25, 0.3) is 0 Å². The minimum absolute atomic E-state index is 0.271. The number of nitro groups is 1. The highest BCUT2D eigenvalue weighted by atomic mass is 19.4. The van der Waals surface area contributed by atoms with Crippen LogP contribution in [0.5, 0.6) is 0 Å². The van der Waals surface area contributed by atoms with Gasteiger partial charge in [-0.1, -0.05) is 0 Å². The van der Waals surface area contributed by atoms with E-state index in [0.717, 1.165) is 18.9 Å². The molecule has 1 aliphatic carbocycles. The number of nitro benzene ring substituents is 1. The molecule has 120 valence electrons. The van der Waals surface area contributed by atoms with Crippen LogP contribution >= 0.6 is 0 Å². The Hall–Kier alpha value is -2.52. The van der Waals surface area contributed by atoms with Crippen molar-refractivity contribution in [2.24, 2.45) is 5.92 Å². The van der Waals surface area contributed by atoms with Gasteiger partial charge in [0.2, 0.25) is 0 Å². The zero-order chi connectivity index (χ0) is 16.5. The Bertz CT molecular complexity index is 614. The Morgan fingerprint density at radius 3 is 2.45 bits per heavy atom. The number of benzene rings is 1. The molecular formula is C12H12F3N3O4. The lowest BCUT2D eigenvalue weighted by Crippen LogP contribution is -2.15. The van der Waals surface area contributed by atoms with Gasteiger partial charge in [-0.2, -0.15) is 13.2 Å². The average molecular weight is 319 g/mol. The first-order chi connectivity index (χ1) is 10.2. The minimum atomic E-state index is -4.79. The third-order valence-electron chi connectivity index (χ3n) is 3.16. The first-order valence-corrected chi connectivity index (χ1v) is 6.32. The summed E-state index contributed by atoms with van der Waals surface area (Å²) in [5, 5.41) is 23.8. The van der Waals surface area contributed by atoms with Crippen molar-refractivity contribution in [3.8, 4) is 0 Å². The van der Waals surface area contributed by atoms with Crippen molar-refractivity contribution in [2.75, 3.05) is 17.2 Å². The summed E-state index contributed by atoms with van der Waals surface area (Å²) in [6.07, 6.45) is -4.59.